The molecular weight excluding hydrogens is 374 g/mol. The van der Waals surface area contributed by atoms with Crippen LogP contribution in [0.15, 0.2) is 16.4 Å². The molecule has 0 saturated carbocycles. The summed E-state index contributed by atoms with van der Waals surface area (Å²) < 4.78 is 1.88. The van der Waals surface area contributed by atoms with E-state index in [1.54, 1.807) is 5.57 Å². The van der Waals surface area contributed by atoms with Gasteiger partial charge in [0, 0.05) is 19.2 Å². The molecule has 0 aromatic carbocycles. The molecule has 1 aromatic rings. The van der Waals surface area contributed by atoms with Crippen LogP contribution in [0.3, 0.4) is 0 Å². The van der Waals surface area contributed by atoms with Crippen molar-refractivity contribution in [3.8, 4) is 0 Å². The van der Waals surface area contributed by atoms with Crippen LogP contribution in [-0.4, -0.2) is 35.7 Å². The Morgan fingerprint density at radius 2 is 1.60 bits per heavy atom. The average molecular weight is 416 g/mol. The smallest absolute Gasteiger partial charge is 0.349 e. The van der Waals surface area contributed by atoms with Crippen LogP contribution < -0.4 is 22.1 Å². The Kier molecular flexibility index (Phi) is 9.90. The number of rotatable bonds is 14. The molecule has 0 bridgehead atoms. The standard InChI is InChI=1S/C24H41N5O/c25-14-7-1-2-8-15-26-16-9-3-4-10-17-27-23-19-22-21-12-6-5-11-20(21)13-18-29(22)24(30)28-23/h19,26H,1-18,25H2,(H,27,28,30). The van der Waals surface area contributed by atoms with Crippen molar-refractivity contribution in [1.29, 1.82) is 0 Å². The second-order valence-corrected chi connectivity index (χ2v) is 8.79. The zero-order valence-electron chi connectivity index (χ0n) is 18.7. The van der Waals surface area contributed by atoms with Gasteiger partial charge < -0.3 is 16.4 Å². The lowest BCUT2D eigenvalue weighted by molar-refractivity contribution is 0.559. The van der Waals surface area contributed by atoms with Crippen LogP contribution in [0.1, 0.15) is 89.2 Å². The van der Waals surface area contributed by atoms with Crippen molar-refractivity contribution >= 4 is 11.4 Å². The van der Waals surface area contributed by atoms with E-state index in [1.165, 1.54) is 63.4 Å². The molecule has 2 heterocycles. The number of hydrogen-bond acceptors (Lipinski definition) is 5. The molecule has 30 heavy (non-hydrogen) atoms. The van der Waals surface area contributed by atoms with Crippen molar-refractivity contribution in [2.24, 2.45) is 5.73 Å². The maximum absolute atomic E-state index is 12.5. The SMILES string of the molecule is NCCCCCCNCCCCCCNc1cc2n(c(=O)n1)CCC1=C2CCCC1. The first-order chi connectivity index (χ1) is 14.8. The molecular formula is C24H41N5O. The number of unbranched alkanes of at least 4 members (excludes halogenated alkanes) is 6. The van der Waals surface area contributed by atoms with Crippen LogP contribution in [0.25, 0.3) is 5.57 Å². The van der Waals surface area contributed by atoms with E-state index in [2.05, 4.69) is 21.7 Å². The largest absolute Gasteiger partial charge is 0.370 e. The van der Waals surface area contributed by atoms with E-state index in [0.29, 0.717) is 0 Å². The van der Waals surface area contributed by atoms with Crippen LogP contribution in [0.2, 0.25) is 0 Å². The molecule has 0 unspecified atom stereocenters. The minimum absolute atomic E-state index is 0.0961. The molecule has 1 aromatic heterocycles. The quantitative estimate of drug-likeness (QED) is 0.399. The first kappa shape index (κ1) is 23.0. The molecule has 0 fully saturated rings. The number of fused-ring (bicyclic) bond motifs is 2. The molecule has 0 spiro atoms. The molecule has 0 amide bonds. The van der Waals surface area contributed by atoms with Crippen molar-refractivity contribution in [3.05, 3.63) is 27.8 Å². The summed E-state index contributed by atoms with van der Waals surface area (Å²) in [5, 5.41) is 6.93. The minimum atomic E-state index is -0.0961. The van der Waals surface area contributed by atoms with E-state index in [-0.39, 0.29) is 5.69 Å². The Hall–Kier alpha value is -1.66. The Labute approximate surface area is 181 Å². The lowest BCUT2D eigenvalue weighted by atomic mass is 9.86. The zero-order valence-corrected chi connectivity index (χ0v) is 18.7. The summed E-state index contributed by atoms with van der Waals surface area (Å²) in [4.78, 5) is 16.7. The molecule has 1 aliphatic carbocycles. The van der Waals surface area contributed by atoms with Gasteiger partial charge in [0.05, 0.1) is 5.69 Å². The molecule has 0 radical (unpaired) electrons. The monoisotopic (exact) mass is 415 g/mol. The van der Waals surface area contributed by atoms with E-state index in [9.17, 15) is 4.79 Å². The van der Waals surface area contributed by atoms with Gasteiger partial charge in [-0.2, -0.15) is 4.98 Å². The van der Waals surface area contributed by atoms with Gasteiger partial charge >= 0.3 is 5.69 Å². The fourth-order valence-corrected chi connectivity index (χ4v) is 4.68. The number of anilines is 1. The summed E-state index contributed by atoms with van der Waals surface area (Å²) >= 11 is 0. The van der Waals surface area contributed by atoms with Gasteiger partial charge in [0.1, 0.15) is 5.82 Å². The molecule has 2 aliphatic rings. The topological polar surface area (TPSA) is 85.0 Å². The maximum Gasteiger partial charge on any atom is 0.349 e. The second kappa shape index (κ2) is 12.9. The van der Waals surface area contributed by atoms with Crippen molar-refractivity contribution in [2.45, 2.75) is 90.0 Å². The highest BCUT2D eigenvalue weighted by Crippen LogP contribution is 2.37. The number of allylic oxidation sites excluding steroid dienone is 2. The van der Waals surface area contributed by atoms with Crippen molar-refractivity contribution in [1.82, 2.24) is 14.9 Å². The van der Waals surface area contributed by atoms with Gasteiger partial charge in [-0.15, -0.1) is 0 Å². The molecule has 3 rings (SSSR count). The van der Waals surface area contributed by atoms with Crippen molar-refractivity contribution < 1.29 is 0 Å². The third kappa shape index (κ3) is 6.95. The maximum atomic E-state index is 12.5. The zero-order chi connectivity index (χ0) is 21.0. The average Bonchev–Trinajstić information content (AvgIpc) is 2.77. The molecule has 0 saturated heterocycles. The minimum Gasteiger partial charge on any atom is -0.370 e. The molecule has 168 valence electrons. The lowest BCUT2D eigenvalue weighted by Gasteiger charge is -2.28. The summed E-state index contributed by atoms with van der Waals surface area (Å²) in [6.07, 6.45) is 15.7. The van der Waals surface area contributed by atoms with Crippen LogP contribution in [0.5, 0.6) is 0 Å². The lowest BCUT2D eigenvalue weighted by Crippen LogP contribution is -2.30. The number of nitrogens with two attached hydrogens (primary N) is 1. The Morgan fingerprint density at radius 1 is 0.900 bits per heavy atom. The summed E-state index contributed by atoms with van der Waals surface area (Å²) in [6.45, 7) is 4.74. The molecule has 4 N–H and O–H groups in total. The van der Waals surface area contributed by atoms with Crippen molar-refractivity contribution in [3.63, 3.8) is 0 Å². The van der Waals surface area contributed by atoms with Gasteiger partial charge in [-0.1, -0.05) is 31.3 Å². The summed E-state index contributed by atoms with van der Waals surface area (Å²) in [6, 6.07) is 2.11. The highest BCUT2D eigenvalue weighted by atomic mass is 16.1. The van der Waals surface area contributed by atoms with Gasteiger partial charge in [0.2, 0.25) is 0 Å². The van der Waals surface area contributed by atoms with Gasteiger partial charge in [0.25, 0.3) is 0 Å². The van der Waals surface area contributed by atoms with E-state index in [4.69, 9.17) is 5.73 Å². The first-order valence-electron chi connectivity index (χ1n) is 12.3. The van der Waals surface area contributed by atoms with Gasteiger partial charge in [-0.25, -0.2) is 4.79 Å². The first-order valence-corrected chi connectivity index (χ1v) is 12.3. The Bertz CT molecular complexity index is 740. The van der Waals surface area contributed by atoms with Gasteiger partial charge in [-0.05, 0) is 83.0 Å². The molecule has 1 aliphatic heterocycles. The Balaban J connectivity index is 1.31. The molecule has 6 nitrogen and oxygen atoms in total. The second-order valence-electron chi connectivity index (χ2n) is 8.79. The third-order valence-corrected chi connectivity index (χ3v) is 6.43. The fraction of sp³-hybridized carbons (Fsp3) is 0.750. The highest BCUT2D eigenvalue weighted by molar-refractivity contribution is 5.70. The van der Waals surface area contributed by atoms with Crippen LogP contribution in [-0.2, 0) is 6.54 Å². The van der Waals surface area contributed by atoms with E-state index in [1.807, 2.05) is 4.57 Å². The van der Waals surface area contributed by atoms with Gasteiger partial charge in [0.15, 0.2) is 0 Å². The van der Waals surface area contributed by atoms with Crippen LogP contribution in [0, 0.1) is 0 Å². The summed E-state index contributed by atoms with van der Waals surface area (Å²) in [5.74, 6) is 0.752. The fourth-order valence-electron chi connectivity index (χ4n) is 4.68. The normalized spacial score (nSPS) is 15.8. The van der Waals surface area contributed by atoms with Crippen LogP contribution >= 0.6 is 0 Å². The third-order valence-electron chi connectivity index (χ3n) is 6.43. The van der Waals surface area contributed by atoms with Gasteiger partial charge in [-0.3, -0.25) is 4.57 Å². The van der Waals surface area contributed by atoms with E-state index < -0.39 is 0 Å². The number of hydrogen-bond donors (Lipinski definition) is 3. The molecule has 6 heteroatoms. The Morgan fingerprint density at radius 3 is 2.37 bits per heavy atom. The molecule has 0 atom stereocenters. The summed E-state index contributed by atoms with van der Waals surface area (Å²) in [5.41, 5.74) is 9.52. The number of aromatic nitrogens is 2. The summed E-state index contributed by atoms with van der Waals surface area (Å²) in [7, 11) is 0. The predicted octanol–water partition coefficient (Wildman–Crippen LogP) is 4.06. The highest BCUT2D eigenvalue weighted by Gasteiger charge is 2.23. The predicted molar refractivity (Wildman–Crippen MR) is 126 cm³/mol. The van der Waals surface area contributed by atoms with E-state index >= 15 is 0 Å². The van der Waals surface area contributed by atoms with Crippen molar-refractivity contribution in [2.75, 3.05) is 31.5 Å². The van der Waals surface area contributed by atoms with E-state index in [0.717, 1.165) is 69.9 Å². The number of nitrogens with zero attached hydrogens (tertiary/aromatic N) is 2. The van der Waals surface area contributed by atoms with Crippen LogP contribution in [0.4, 0.5) is 5.82 Å². The number of nitrogens with one attached hydrogen (secondary N) is 2.